The van der Waals surface area contributed by atoms with Crippen molar-refractivity contribution in [2.45, 2.75) is 32.4 Å². The highest BCUT2D eigenvalue weighted by Crippen LogP contribution is 2.21. The van der Waals surface area contributed by atoms with Crippen LogP contribution in [0.25, 0.3) is 10.7 Å². The molecule has 0 radical (unpaired) electrons. The van der Waals surface area contributed by atoms with Gasteiger partial charge in [0.05, 0.1) is 17.5 Å². The summed E-state index contributed by atoms with van der Waals surface area (Å²) in [6, 6.07) is 3.57. The Hall–Kier alpha value is -1.77. The number of thiophene rings is 1. The van der Waals surface area contributed by atoms with E-state index < -0.39 is 0 Å². The van der Waals surface area contributed by atoms with Gasteiger partial charge < -0.3 is 15.2 Å². The maximum absolute atomic E-state index is 12.2. The fourth-order valence-electron chi connectivity index (χ4n) is 2.81. The number of nitrogens with two attached hydrogens (primary N) is 1. The van der Waals surface area contributed by atoms with Gasteiger partial charge in [-0.2, -0.15) is 4.98 Å². The van der Waals surface area contributed by atoms with Gasteiger partial charge in [0.25, 0.3) is 0 Å². The standard InChI is InChI=1S/C16H23N5O2S/c1-2-4-12(17)16(22)21-8-6-20(7-9-21)11-14-18-15(19-23-14)13-5-3-10-24-13/h3,5,10,12H,2,4,6-9,11,17H2,1H3. The molecule has 2 N–H and O–H groups in total. The second kappa shape index (κ2) is 7.87. The summed E-state index contributed by atoms with van der Waals surface area (Å²) < 4.78 is 5.34. The van der Waals surface area contributed by atoms with Crippen LogP contribution in [0.2, 0.25) is 0 Å². The molecule has 0 aliphatic carbocycles. The van der Waals surface area contributed by atoms with Gasteiger partial charge in [0.1, 0.15) is 0 Å². The highest BCUT2D eigenvalue weighted by Gasteiger charge is 2.25. The molecule has 1 aliphatic rings. The van der Waals surface area contributed by atoms with E-state index in [9.17, 15) is 4.79 Å². The highest BCUT2D eigenvalue weighted by molar-refractivity contribution is 7.13. The Bertz CT molecular complexity index is 649. The normalized spacial score (nSPS) is 17.2. The van der Waals surface area contributed by atoms with Gasteiger partial charge in [0.15, 0.2) is 0 Å². The quantitative estimate of drug-likeness (QED) is 0.851. The van der Waals surface area contributed by atoms with E-state index in [2.05, 4.69) is 15.0 Å². The second-order valence-corrected chi connectivity index (χ2v) is 6.93. The van der Waals surface area contributed by atoms with Gasteiger partial charge in [-0.05, 0) is 17.9 Å². The van der Waals surface area contributed by atoms with Gasteiger partial charge in [0, 0.05) is 26.2 Å². The summed E-state index contributed by atoms with van der Waals surface area (Å²) >= 11 is 1.59. The van der Waals surface area contributed by atoms with E-state index in [0.717, 1.165) is 30.8 Å². The smallest absolute Gasteiger partial charge is 0.241 e. The highest BCUT2D eigenvalue weighted by atomic mass is 32.1. The Morgan fingerprint density at radius 1 is 1.42 bits per heavy atom. The molecule has 1 amide bonds. The van der Waals surface area contributed by atoms with E-state index in [-0.39, 0.29) is 11.9 Å². The fraction of sp³-hybridized carbons (Fsp3) is 0.562. The van der Waals surface area contributed by atoms with Crippen molar-refractivity contribution in [1.82, 2.24) is 19.9 Å². The number of hydrogen-bond donors (Lipinski definition) is 1. The fourth-order valence-corrected chi connectivity index (χ4v) is 3.46. The van der Waals surface area contributed by atoms with Crippen LogP contribution in [0.5, 0.6) is 0 Å². The van der Waals surface area contributed by atoms with Gasteiger partial charge in [0.2, 0.25) is 17.6 Å². The van der Waals surface area contributed by atoms with Crippen LogP contribution in [0.3, 0.4) is 0 Å². The third kappa shape index (κ3) is 4.00. The molecular formula is C16H23N5O2S. The number of piperazine rings is 1. The molecule has 0 bridgehead atoms. The third-order valence-electron chi connectivity index (χ3n) is 4.17. The Labute approximate surface area is 145 Å². The topological polar surface area (TPSA) is 88.5 Å². The lowest BCUT2D eigenvalue weighted by atomic mass is 10.1. The Morgan fingerprint density at radius 2 is 2.21 bits per heavy atom. The lowest BCUT2D eigenvalue weighted by Crippen LogP contribution is -2.52. The summed E-state index contributed by atoms with van der Waals surface area (Å²) in [5.41, 5.74) is 5.93. The van der Waals surface area contributed by atoms with E-state index in [1.807, 2.05) is 29.3 Å². The van der Waals surface area contributed by atoms with Gasteiger partial charge in [-0.25, -0.2) is 0 Å². The first-order chi connectivity index (χ1) is 11.7. The molecule has 1 atom stereocenters. The SMILES string of the molecule is CCCC(N)C(=O)N1CCN(Cc2nc(-c3cccs3)no2)CC1. The monoisotopic (exact) mass is 349 g/mol. The van der Waals surface area contributed by atoms with Crippen molar-refractivity contribution in [3.8, 4) is 10.7 Å². The van der Waals surface area contributed by atoms with Crippen LogP contribution >= 0.6 is 11.3 Å². The Morgan fingerprint density at radius 3 is 2.88 bits per heavy atom. The maximum atomic E-state index is 12.2. The second-order valence-electron chi connectivity index (χ2n) is 5.99. The lowest BCUT2D eigenvalue weighted by Gasteiger charge is -2.35. The lowest BCUT2D eigenvalue weighted by molar-refractivity contribution is -0.134. The summed E-state index contributed by atoms with van der Waals surface area (Å²) in [4.78, 5) is 21.8. The molecule has 1 saturated heterocycles. The van der Waals surface area contributed by atoms with Crippen LogP contribution in [0.1, 0.15) is 25.7 Å². The first-order valence-electron chi connectivity index (χ1n) is 8.30. The molecule has 24 heavy (non-hydrogen) atoms. The van der Waals surface area contributed by atoms with Crippen LogP contribution in [0.4, 0.5) is 0 Å². The number of carbonyl (C=O) groups is 1. The van der Waals surface area contributed by atoms with Crippen LogP contribution in [0, 0.1) is 0 Å². The minimum Gasteiger partial charge on any atom is -0.339 e. The van der Waals surface area contributed by atoms with E-state index in [1.165, 1.54) is 0 Å². The van der Waals surface area contributed by atoms with Crippen LogP contribution < -0.4 is 5.73 Å². The summed E-state index contributed by atoms with van der Waals surface area (Å²) in [6.07, 6.45) is 1.67. The zero-order chi connectivity index (χ0) is 16.9. The minimum atomic E-state index is -0.370. The molecule has 1 fully saturated rings. The molecule has 130 valence electrons. The number of amides is 1. The van der Waals surface area contributed by atoms with Crippen LogP contribution in [-0.4, -0.2) is 58.1 Å². The van der Waals surface area contributed by atoms with Crippen molar-refractivity contribution in [2.24, 2.45) is 5.73 Å². The largest absolute Gasteiger partial charge is 0.339 e. The molecule has 7 nitrogen and oxygen atoms in total. The molecule has 1 unspecified atom stereocenters. The molecule has 2 aromatic rings. The van der Waals surface area contributed by atoms with Crippen molar-refractivity contribution >= 4 is 17.2 Å². The van der Waals surface area contributed by atoms with Crippen molar-refractivity contribution in [3.05, 3.63) is 23.4 Å². The predicted molar refractivity (Wildman–Crippen MR) is 92.4 cm³/mol. The van der Waals surface area contributed by atoms with E-state index in [4.69, 9.17) is 10.3 Å². The Balaban J connectivity index is 1.50. The van der Waals surface area contributed by atoms with Gasteiger partial charge in [-0.3, -0.25) is 9.69 Å². The van der Waals surface area contributed by atoms with Crippen LogP contribution in [-0.2, 0) is 11.3 Å². The molecule has 3 rings (SSSR count). The first-order valence-corrected chi connectivity index (χ1v) is 9.18. The van der Waals surface area contributed by atoms with Crippen molar-refractivity contribution in [3.63, 3.8) is 0 Å². The van der Waals surface area contributed by atoms with Crippen molar-refractivity contribution in [2.75, 3.05) is 26.2 Å². The number of aromatic nitrogens is 2. The predicted octanol–water partition coefficient (Wildman–Crippen LogP) is 1.57. The van der Waals surface area contributed by atoms with E-state index in [0.29, 0.717) is 31.3 Å². The zero-order valence-electron chi connectivity index (χ0n) is 13.9. The molecule has 3 heterocycles. The third-order valence-corrected chi connectivity index (χ3v) is 5.04. The summed E-state index contributed by atoms with van der Waals surface area (Å²) in [7, 11) is 0. The average Bonchev–Trinajstić information content (AvgIpc) is 3.26. The number of rotatable bonds is 6. The molecule has 0 saturated carbocycles. The van der Waals surface area contributed by atoms with E-state index in [1.54, 1.807) is 11.3 Å². The zero-order valence-corrected chi connectivity index (χ0v) is 14.7. The summed E-state index contributed by atoms with van der Waals surface area (Å²) in [5, 5.41) is 6.02. The van der Waals surface area contributed by atoms with Crippen molar-refractivity contribution in [1.29, 1.82) is 0 Å². The maximum Gasteiger partial charge on any atom is 0.241 e. The van der Waals surface area contributed by atoms with Gasteiger partial charge in [-0.15, -0.1) is 11.3 Å². The molecule has 0 spiro atoms. The van der Waals surface area contributed by atoms with E-state index >= 15 is 0 Å². The van der Waals surface area contributed by atoms with Crippen molar-refractivity contribution < 1.29 is 9.32 Å². The van der Waals surface area contributed by atoms with Gasteiger partial charge >= 0.3 is 0 Å². The molecule has 0 aromatic carbocycles. The molecular weight excluding hydrogens is 326 g/mol. The number of hydrogen-bond acceptors (Lipinski definition) is 7. The van der Waals surface area contributed by atoms with Gasteiger partial charge in [-0.1, -0.05) is 24.6 Å². The molecule has 1 aliphatic heterocycles. The molecule has 2 aromatic heterocycles. The van der Waals surface area contributed by atoms with Crippen LogP contribution in [0.15, 0.2) is 22.0 Å². The summed E-state index contributed by atoms with van der Waals surface area (Å²) in [6.45, 7) is 5.63. The number of carbonyl (C=O) groups excluding carboxylic acids is 1. The summed E-state index contributed by atoms with van der Waals surface area (Å²) in [5.74, 6) is 1.31. The number of nitrogens with zero attached hydrogens (tertiary/aromatic N) is 4. The first kappa shape index (κ1) is 17.1. The molecule has 8 heteroatoms. The minimum absolute atomic E-state index is 0.0641. The Kier molecular flexibility index (Phi) is 5.60. The average molecular weight is 349 g/mol.